The number of aromatic hydroxyl groups is 1. The first-order chi connectivity index (χ1) is 12.8. The van der Waals surface area contributed by atoms with Crippen LogP contribution in [-0.4, -0.2) is 21.6 Å². The normalized spacial score (nSPS) is 19.0. The molecule has 0 bridgehead atoms. The zero-order valence-corrected chi connectivity index (χ0v) is 14.9. The van der Waals surface area contributed by atoms with Crippen molar-refractivity contribution in [2.75, 3.05) is 11.9 Å². The quantitative estimate of drug-likeness (QED) is 0.732. The standard InChI is InChI=1S/C22H23N3O/c1-2-23-22-24-13-17(14-25-22)21-19(15-6-4-3-5-7-15)10-8-16-12-18(26)9-11-20(16)21/h3-7,9,11-14,19,21,26H,2,8,10H2,1H3,(H,23,24,25)/t19-,21+/m1/s1. The number of aromatic nitrogens is 2. The molecule has 0 amide bonds. The summed E-state index contributed by atoms with van der Waals surface area (Å²) in [5.41, 5.74) is 4.94. The summed E-state index contributed by atoms with van der Waals surface area (Å²) >= 11 is 0. The van der Waals surface area contributed by atoms with E-state index < -0.39 is 0 Å². The largest absolute Gasteiger partial charge is 0.508 e. The molecule has 1 aliphatic carbocycles. The molecule has 4 heteroatoms. The maximum absolute atomic E-state index is 9.89. The number of aryl methyl sites for hydroxylation is 1. The van der Waals surface area contributed by atoms with Crippen LogP contribution in [0.25, 0.3) is 0 Å². The second-order valence-electron chi connectivity index (χ2n) is 6.79. The summed E-state index contributed by atoms with van der Waals surface area (Å²) in [5.74, 6) is 1.56. The first kappa shape index (κ1) is 16.6. The lowest BCUT2D eigenvalue weighted by Gasteiger charge is -2.34. The number of fused-ring (bicyclic) bond motifs is 1. The first-order valence-corrected chi connectivity index (χ1v) is 9.19. The van der Waals surface area contributed by atoms with Gasteiger partial charge in [0.1, 0.15) is 5.75 Å². The van der Waals surface area contributed by atoms with Gasteiger partial charge in [0.25, 0.3) is 0 Å². The second-order valence-corrected chi connectivity index (χ2v) is 6.79. The van der Waals surface area contributed by atoms with Gasteiger partial charge in [-0.25, -0.2) is 9.97 Å². The van der Waals surface area contributed by atoms with Gasteiger partial charge in [0, 0.05) is 24.9 Å². The highest BCUT2D eigenvalue weighted by Crippen LogP contribution is 2.46. The summed E-state index contributed by atoms with van der Waals surface area (Å²) in [6, 6.07) is 16.4. The van der Waals surface area contributed by atoms with Crippen molar-refractivity contribution in [1.29, 1.82) is 0 Å². The Kier molecular flexibility index (Phi) is 4.57. The molecule has 2 N–H and O–H groups in total. The maximum Gasteiger partial charge on any atom is 0.222 e. The minimum atomic E-state index is 0.192. The second kappa shape index (κ2) is 7.16. The van der Waals surface area contributed by atoms with Gasteiger partial charge < -0.3 is 10.4 Å². The highest BCUT2D eigenvalue weighted by atomic mass is 16.3. The summed E-state index contributed by atoms with van der Waals surface area (Å²) in [6.45, 7) is 2.84. The molecular formula is C22H23N3O. The summed E-state index contributed by atoms with van der Waals surface area (Å²) in [5, 5.41) is 13.0. The molecule has 132 valence electrons. The van der Waals surface area contributed by atoms with E-state index >= 15 is 0 Å². The highest BCUT2D eigenvalue weighted by Gasteiger charge is 2.32. The summed E-state index contributed by atoms with van der Waals surface area (Å²) in [7, 11) is 0. The number of nitrogens with zero attached hydrogens (tertiary/aromatic N) is 2. The molecular weight excluding hydrogens is 322 g/mol. The zero-order valence-electron chi connectivity index (χ0n) is 14.9. The van der Waals surface area contributed by atoms with Crippen LogP contribution in [0.3, 0.4) is 0 Å². The predicted molar refractivity (Wildman–Crippen MR) is 104 cm³/mol. The molecule has 0 saturated carbocycles. The molecule has 0 fully saturated rings. The molecule has 4 nitrogen and oxygen atoms in total. The SMILES string of the molecule is CCNc1ncc([C@@H]2c3ccc(O)cc3CC[C@@H]2c2ccccc2)cn1. The number of anilines is 1. The molecule has 3 aromatic rings. The number of hydrogen-bond acceptors (Lipinski definition) is 4. The minimum absolute atomic E-state index is 0.192. The van der Waals surface area contributed by atoms with Gasteiger partial charge >= 0.3 is 0 Å². The molecule has 0 spiro atoms. The Morgan fingerprint density at radius 1 is 1.04 bits per heavy atom. The fourth-order valence-electron chi connectivity index (χ4n) is 4.03. The van der Waals surface area contributed by atoms with Crippen molar-refractivity contribution in [3.05, 3.63) is 83.2 Å². The van der Waals surface area contributed by atoms with Gasteiger partial charge in [-0.2, -0.15) is 0 Å². The van der Waals surface area contributed by atoms with E-state index in [0.29, 0.717) is 17.6 Å². The van der Waals surface area contributed by atoms with Crippen molar-refractivity contribution in [3.63, 3.8) is 0 Å². The van der Waals surface area contributed by atoms with E-state index in [1.165, 1.54) is 16.7 Å². The Balaban J connectivity index is 1.79. The van der Waals surface area contributed by atoms with Gasteiger partial charge in [-0.3, -0.25) is 0 Å². The average Bonchev–Trinajstić information content (AvgIpc) is 2.68. The third-order valence-corrected chi connectivity index (χ3v) is 5.18. The molecule has 26 heavy (non-hydrogen) atoms. The van der Waals surface area contributed by atoms with Crippen molar-refractivity contribution in [2.45, 2.75) is 31.6 Å². The third kappa shape index (κ3) is 3.15. The summed E-state index contributed by atoms with van der Waals surface area (Å²) in [6.07, 6.45) is 5.89. The zero-order chi connectivity index (χ0) is 17.9. The van der Waals surface area contributed by atoms with E-state index in [1.807, 2.05) is 25.4 Å². The molecule has 2 aromatic carbocycles. The summed E-state index contributed by atoms with van der Waals surface area (Å²) < 4.78 is 0. The van der Waals surface area contributed by atoms with Crippen LogP contribution in [0.1, 0.15) is 47.4 Å². The van der Waals surface area contributed by atoms with Gasteiger partial charge in [0.15, 0.2) is 0 Å². The molecule has 0 aliphatic heterocycles. The van der Waals surface area contributed by atoms with Crippen molar-refractivity contribution in [1.82, 2.24) is 9.97 Å². The Morgan fingerprint density at radius 2 is 1.81 bits per heavy atom. The Morgan fingerprint density at radius 3 is 2.54 bits per heavy atom. The first-order valence-electron chi connectivity index (χ1n) is 9.19. The molecule has 1 aromatic heterocycles. The molecule has 0 unspecified atom stereocenters. The lowest BCUT2D eigenvalue weighted by Crippen LogP contribution is -2.21. The van der Waals surface area contributed by atoms with Crippen LogP contribution >= 0.6 is 0 Å². The van der Waals surface area contributed by atoms with Gasteiger partial charge in [-0.05, 0) is 60.1 Å². The van der Waals surface area contributed by atoms with E-state index in [1.54, 1.807) is 6.07 Å². The van der Waals surface area contributed by atoms with Crippen LogP contribution in [-0.2, 0) is 6.42 Å². The third-order valence-electron chi connectivity index (χ3n) is 5.18. The Labute approximate surface area is 154 Å². The van der Waals surface area contributed by atoms with Crippen molar-refractivity contribution < 1.29 is 5.11 Å². The number of benzene rings is 2. The van der Waals surface area contributed by atoms with Crippen LogP contribution in [0.2, 0.25) is 0 Å². The topological polar surface area (TPSA) is 58.0 Å². The molecule has 1 aliphatic rings. The van der Waals surface area contributed by atoms with Crippen LogP contribution in [0.5, 0.6) is 5.75 Å². The fourth-order valence-corrected chi connectivity index (χ4v) is 4.03. The molecule has 2 atom stereocenters. The van der Waals surface area contributed by atoms with E-state index in [2.05, 4.69) is 51.7 Å². The lowest BCUT2D eigenvalue weighted by atomic mass is 9.70. The highest BCUT2D eigenvalue weighted by molar-refractivity contribution is 5.47. The monoisotopic (exact) mass is 345 g/mol. The number of phenolic OH excluding ortho intramolecular Hbond substituents is 1. The molecule has 4 rings (SSSR count). The minimum Gasteiger partial charge on any atom is -0.508 e. The van der Waals surface area contributed by atoms with Crippen LogP contribution in [0, 0.1) is 0 Å². The van der Waals surface area contributed by atoms with E-state index in [9.17, 15) is 5.11 Å². The van der Waals surface area contributed by atoms with Gasteiger partial charge in [-0.15, -0.1) is 0 Å². The number of rotatable bonds is 4. The maximum atomic E-state index is 9.89. The van der Waals surface area contributed by atoms with Crippen LogP contribution in [0.4, 0.5) is 5.95 Å². The number of nitrogens with one attached hydrogen (secondary N) is 1. The van der Waals surface area contributed by atoms with Crippen LogP contribution < -0.4 is 5.32 Å². The van der Waals surface area contributed by atoms with Gasteiger partial charge in [-0.1, -0.05) is 36.4 Å². The molecule has 0 saturated heterocycles. The fraction of sp³-hybridized carbons (Fsp3) is 0.273. The smallest absolute Gasteiger partial charge is 0.222 e. The Hall–Kier alpha value is -2.88. The van der Waals surface area contributed by atoms with Gasteiger partial charge in [0.2, 0.25) is 5.95 Å². The lowest BCUT2D eigenvalue weighted by molar-refractivity contribution is 0.469. The van der Waals surface area contributed by atoms with Crippen molar-refractivity contribution in [2.24, 2.45) is 0 Å². The number of phenols is 1. The van der Waals surface area contributed by atoms with Crippen molar-refractivity contribution in [3.8, 4) is 5.75 Å². The molecule has 1 heterocycles. The summed E-state index contributed by atoms with van der Waals surface area (Å²) in [4.78, 5) is 8.98. The predicted octanol–water partition coefficient (Wildman–Crippen LogP) is 4.48. The van der Waals surface area contributed by atoms with Gasteiger partial charge in [0.05, 0.1) is 0 Å². The van der Waals surface area contributed by atoms with Crippen molar-refractivity contribution >= 4 is 5.95 Å². The van der Waals surface area contributed by atoms with E-state index in [-0.39, 0.29) is 5.92 Å². The van der Waals surface area contributed by atoms with Crippen LogP contribution in [0.15, 0.2) is 60.9 Å². The molecule has 0 radical (unpaired) electrons. The number of hydrogen-bond donors (Lipinski definition) is 2. The van der Waals surface area contributed by atoms with E-state index in [0.717, 1.165) is 24.9 Å². The van der Waals surface area contributed by atoms with E-state index in [4.69, 9.17) is 0 Å². The Bertz CT molecular complexity index is 878. The average molecular weight is 345 g/mol.